The Balaban J connectivity index is 0.929. The number of fused-ring (bicyclic) bond motifs is 10. The van der Waals surface area contributed by atoms with E-state index in [0.29, 0.717) is 0 Å². The molecule has 0 bridgehead atoms. The summed E-state index contributed by atoms with van der Waals surface area (Å²) in [4.78, 5) is 25.5. The largest absolute Gasteiger partial charge is 0.306 e. The third kappa shape index (κ3) is 5.11. The molecule has 12 aromatic rings. The van der Waals surface area contributed by atoms with E-state index in [1.165, 1.54) is 0 Å². The highest BCUT2D eigenvalue weighted by Crippen LogP contribution is 2.38. The van der Waals surface area contributed by atoms with Gasteiger partial charge in [-0.25, -0.2) is 19.9 Å². The number of benzene rings is 5. The third-order valence-corrected chi connectivity index (χ3v) is 11.2. The molecule has 0 spiro atoms. The normalized spacial score (nSPS) is 11.8. The molecule has 7 aromatic heterocycles. The van der Waals surface area contributed by atoms with Crippen molar-refractivity contribution in [2.45, 2.75) is 0 Å². The molecule has 12 rings (SSSR count). The van der Waals surface area contributed by atoms with E-state index in [1.807, 2.05) is 48.7 Å². The van der Waals surface area contributed by atoms with Crippen LogP contribution in [0.25, 0.3) is 111 Å². The number of rotatable bonds is 5. The second kappa shape index (κ2) is 12.8. The summed E-state index contributed by atoms with van der Waals surface area (Å²) in [5.74, 6) is 0. The van der Waals surface area contributed by atoms with Crippen LogP contribution in [0.3, 0.4) is 0 Å². The molecule has 5 aromatic carbocycles. The Labute approximate surface area is 332 Å². The molecule has 58 heavy (non-hydrogen) atoms. The first-order valence-electron chi connectivity index (χ1n) is 19.3. The summed E-state index contributed by atoms with van der Waals surface area (Å²) in [5.41, 5.74) is 14.6. The Hall–Kier alpha value is -8.03. The average molecular weight is 742 g/mol. The lowest BCUT2D eigenvalue weighted by Crippen LogP contribution is -1.94. The molecule has 7 nitrogen and oxygen atoms in total. The average Bonchev–Trinajstić information content (AvgIpc) is 3.95. The van der Waals surface area contributed by atoms with Crippen molar-refractivity contribution < 1.29 is 0 Å². The summed E-state index contributed by atoms with van der Waals surface area (Å²) in [6.45, 7) is 0. The monoisotopic (exact) mass is 741 g/mol. The lowest BCUT2D eigenvalue weighted by Gasteiger charge is -2.12. The van der Waals surface area contributed by atoms with Crippen molar-refractivity contribution in [3.8, 4) is 56.2 Å². The van der Waals surface area contributed by atoms with Crippen LogP contribution in [0.1, 0.15) is 0 Å². The molecule has 7 heteroatoms. The summed E-state index contributed by atoms with van der Waals surface area (Å²) in [6.07, 6.45) is 10.2. The predicted octanol–water partition coefficient (Wildman–Crippen LogP) is 12.1. The fourth-order valence-corrected chi connectivity index (χ4v) is 8.40. The van der Waals surface area contributed by atoms with Crippen LogP contribution in [-0.4, -0.2) is 33.7 Å². The second-order valence-electron chi connectivity index (χ2n) is 14.6. The molecule has 0 amide bonds. The van der Waals surface area contributed by atoms with Crippen molar-refractivity contribution in [3.63, 3.8) is 0 Å². The highest BCUT2D eigenvalue weighted by atomic mass is 15.0. The van der Waals surface area contributed by atoms with Gasteiger partial charge in [-0.2, -0.15) is 0 Å². The van der Waals surface area contributed by atoms with Crippen molar-refractivity contribution >= 4 is 54.8 Å². The van der Waals surface area contributed by atoms with Gasteiger partial charge >= 0.3 is 0 Å². The maximum atomic E-state index is 5.22. The van der Waals surface area contributed by atoms with Gasteiger partial charge in [0, 0.05) is 74.8 Å². The SMILES string of the molecule is c1ccc(-c2cn3ccc4c(-c5ccc(-c6ccc(-c7nc8cccnc8c8c7ccn7cc(-c9ccccc9)nc87)cc6)cc5)nc5ccccc5c4c3n2)cc1. The minimum absolute atomic E-state index is 0.835. The molecule has 0 saturated heterocycles. The van der Waals surface area contributed by atoms with Crippen molar-refractivity contribution in [1.29, 1.82) is 0 Å². The third-order valence-electron chi connectivity index (χ3n) is 11.2. The van der Waals surface area contributed by atoms with Crippen LogP contribution in [0.5, 0.6) is 0 Å². The number of aromatic nitrogens is 7. The molecule has 0 atom stereocenters. The van der Waals surface area contributed by atoms with Crippen molar-refractivity contribution in [2.24, 2.45) is 0 Å². The number of hydrogen-bond acceptors (Lipinski definition) is 5. The van der Waals surface area contributed by atoms with Crippen LogP contribution in [0.2, 0.25) is 0 Å². The van der Waals surface area contributed by atoms with Gasteiger partial charge in [-0.05, 0) is 41.5 Å². The predicted molar refractivity (Wildman–Crippen MR) is 235 cm³/mol. The molecule has 0 unspecified atom stereocenters. The van der Waals surface area contributed by atoms with Gasteiger partial charge in [0.2, 0.25) is 0 Å². The summed E-state index contributed by atoms with van der Waals surface area (Å²) >= 11 is 0. The Morgan fingerprint density at radius 2 is 0.828 bits per heavy atom. The van der Waals surface area contributed by atoms with Gasteiger partial charge in [0.25, 0.3) is 0 Å². The standard InChI is InChI=1S/C51H31N7/c1-3-10-34(11-4-1)43-30-57-28-25-39-45(50(57)55-43)38-14-7-8-15-41(38)53-47(39)36-21-17-32(18-22-36)33-19-23-37(24-20-33)48-40-26-29-58-31-44(35-12-5-2-6-13-35)56-51(58)46(40)49-42(54-48)16-9-27-52-49/h1-31H. The first kappa shape index (κ1) is 32.2. The molecule has 0 aliphatic carbocycles. The van der Waals surface area contributed by atoms with E-state index in [0.717, 1.165) is 111 Å². The minimum atomic E-state index is 0.835. The van der Waals surface area contributed by atoms with Gasteiger partial charge in [-0.1, -0.05) is 127 Å². The smallest absolute Gasteiger partial charge is 0.147 e. The topological polar surface area (TPSA) is 73.3 Å². The zero-order valence-electron chi connectivity index (χ0n) is 31.0. The second-order valence-corrected chi connectivity index (χ2v) is 14.6. The van der Waals surface area contributed by atoms with E-state index < -0.39 is 0 Å². The van der Waals surface area contributed by atoms with Crippen LogP contribution in [-0.2, 0) is 0 Å². The molecular formula is C51H31N7. The number of imidazole rings is 2. The highest BCUT2D eigenvalue weighted by molar-refractivity contribution is 6.17. The quantitative estimate of drug-likeness (QED) is 0.164. The number of para-hydroxylation sites is 1. The fraction of sp³-hybridized carbons (Fsp3) is 0. The van der Waals surface area contributed by atoms with Crippen LogP contribution in [0, 0.1) is 0 Å². The Bertz CT molecular complexity index is 3300. The fourth-order valence-electron chi connectivity index (χ4n) is 8.40. The molecule has 0 radical (unpaired) electrons. The highest BCUT2D eigenvalue weighted by Gasteiger charge is 2.18. The van der Waals surface area contributed by atoms with Crippen molar-refractivity contribution in [1.82, 2.24) is 33.7 Å². The molecule has 0 saturated carbocycles. The molecule has 0 aliphatic rings. The summed E-state index contributed by atoms with van der Waals surface area (Å²) < 4.78 is 4.21. The first-order valence-corrected chi connectivity index (χ1v) is 19.3. The number of nitrogens with zero attached hydrogens (tertiary/aromatic N) is 7. The van der Waals surface area contributed by atoms with E-state index in [4.69, 9.17) is 24.9 Å². The zero-order valence-corrected chi connectivity index (χ0v) is 31.0. The maximum Gasteiger partial charge on any atom is 0.147 e. The van der Waals surface area contributed by atoms with E-state index in [-0.39, 0.29) is 0 Å². The molecule has 7 heterocycles. The van der Waals surface area contributed by atoms with E-state index in [9.17, 15) is 0 Å². The molecule has 0 N–H and O–H groups in total. The van der Waals surface area contributed by atoms with Crippen LogP contribution in [0.15, 0.2) is 189 Å². The van der Waals surface area contributed by atoms with Crippen molar-refractivity contribution in [2.75, 3.05) is 0 Å². The van der Waals surface area contributed by atoms with E-state index >= 15 is 0 Å². The van der Waals surface area contributed by atoms with Crippen LogP contribution < -0.4 is 0 Å². The summed E-state index contributed by atoms with van der Waals surface area (Å²) in [7, 11) is 0. The van der Waals surface area contributed by atoms with Gasteiger partial charge < -0.3 is 8.80 Å². The van der Waals surface area contributed by atoms with Crippen LogP contribution in [0.4, 0.5) is 0 Å². The summed E-state index contributed by atoms with van der Waals surface area (Å²) in [5, 5.41) is 5.26. The molecule has 270 valence electrons. The van der Waals surface area contributed by atoms with E-state index in [2.05, 4.69) is 149 Å². The van der Waals surface area contributed by atoms with E-state index in [1.54, 1.807) is 0 Å². The minimum Gasteiger partial charge on any atom is -0.306 e. The van der Waals surface area contributed by atoms with Gasteiger partial charge in [-0.15, -0.1) is 0 Å². The number of hydrogen-bond donors (Lipinski definition) is 0. The Morgan fingerprint density at radius 3 is 1.43 bits per heavy atom. The zero-order chi connectivity index (χ0) is 38.2. The first-order chi connectivity index (χ1) is 28.7. The van der Waals surface area contributed by atoms with Crippen LogP contribution >= 0.6 is 0 Å². The van der Waals surface area contributed by atoms with Gasteiger partial charge in [0.05, 0.1) is 39.2 Å². The molecule has 0 fully saturated rings. The van der Waals surface area contributed by atoms with Crippen molar-refractivity contribution in [3.05, 3.63) is 189 Å². The van der Waals surface area contributed by atoms with Gasteiger partial charge in [-0.3, -0.25) is 4.98 Å². The molecule has 0 aliphatic heterocycles. The maximum absolute atomic E-state index is 5.22. The lowest BCUT2D eigenvalue weighted by atomic mass is 9.97. The summed E-state index contributed by atoms with van der Waals surface area (Å²) in [6, 6.07) is 54.6. The van der Waals surface area contributed by atoms with Gasteiger partial charge in [0.1, 0.15) is 16.8 Å². The Kier molecular flexibility index (Phi) is 7.09. The Morgan fingerprint density at radius 1 is 0.345 bits per heavy atom. The number of pyridine rings is 5. The lowest BCUT2D eigenvalue weighted by molar-refractivity contribution is 1.20. The van der Waals surface area contributed by atoms with Gasteiger partial charge in [0.15, 0.2) is 0 Å². The molecular weight excluding hydrogens is 711 g/mol.